The lowest BCUT2D eigenvalue weighted by Gasteiger charge is -2.33. The lowest BCUT2D eigenvalue weighted by atomic mass is 9.86. The van der Waals surface area contributed by atoms with Crippen LogP contribution in [0.15, 0.2) is 53.5 Å². The van der Waals surface area contributed by atoms with Crippen molar-refractivity contribution in [3.05, 3.63) is 59.9 Å². The normalized spacial score (nSPS) is 21.3. The monoisotopic (exact) mass is 311 g/mol. The quantitative estimate of drug-likeness (QED) is 0.927. The van der Waals surface area contributed by atoms with Crippen molar-refractivity contribution in [3.63, 3.8) is 0 Å². The molecule has 5 heteroatoms. The van der Waals surface area contributed by atoms with Crippen molar-refractivity contribution in [2.75, 3.05) is 7.05 Å². The average molecular weight is 311 g/mol. The van der Waals surface area contributed by atoms with Gasteiger partial charge in [-0.25, -0.2) is 9.38 Å². The van der Waals surface area contributed by atoms with Gasteiger partial charge < -0.3 is 5.73 Å². The van der Waals surface area contributed by atoms with Gasteiger partial charge in [0.15, 0.2) is 5.96 Å². The van der Waals surface area contributed by atoms with Gasteiger partial charge in [-0.05, 0) is 35.7 Å². The Kier molecular flexibility index (Phi) is 3.64. The van der Waals surface area contributed by atoms with Crippen LogP contribution in [-0.4, -0.2) is 23.8 Å². The predicted molar refractivity (Wildman–Crippen MR) is 88.2 cm³/mol. The number of benzene rings is 2. The molecule has 1 amide bonds. The molecule has 2 aromatic carbocycles. The molecule has 1 aliphatic heterocycles. The van der Waals surface area contributed by atoms with Crippen molar-refractivity contribution >= 4 is 11.9 Å². The Morgan fingerprint density at radius 3 is 2.48 bits per heavy atom. The number of aliphatic imine (C=N–C) groups is 1. The predicted octanol–water partition coefficient (Wildman–Crippen LogP) is 2.88. The van der Waals surface area contributed by atoms with Crippen LogP contribution < -0.4 is 5.73 Å². The zero-order valence-corrected chi connectivity index (χ0v) is 13.1. The van der Waals surface area contributed by atoms with Gasteiger partial charge >= 0.3 is 0 Å². The number of guanidine groups is 1. The molecule has 23 heavy (non-hydrogen) atoms. The Balaban J connectivity index is 1.95. The first-order valence-electron chi connectivity index (χ1n) is 7.37. The molecular formula is C18H18FN3O. The van der Waals surface area contributed by atoms with E-state index >= 15 is 0 Å². The van der Waals surface area contributed by atoms with E-state index in [0.29, 0.717) is 0 Å². The van der Waals surface area contributed by atoms with Crippen LogP contribution in [0, 0.1) is 5.82 Å². The number of carbonyl (C=O) groups excluding carboxylic acids is 1. The topological polar surface area (TPSA) is 58.7 Å². The third-order valence-corrected chi connectivity index (χ3v) is 4.24. The summed E-state index contributed by atoms with van der Waals surface area (Å²) in [7, 11) is 1.62. The lowest BCUT2D eigenvalue weighted by Crippen LogP contribution is -2.47. The third kappa shape index (κ3) is 2.82. The molecule has 0 aromatic heterocycles. The molecule has 0 unspecified atom stereocenters. The molecule has 0 spiro atoms. The first-order valence-corrected chi connectivity index (χ1v) is 7.37. The average Bonchev–Trinajstić information content (AvgIpc) is 2.53. The van der Waals surface area contributed by atoms with E-state index in [-0.39, 0.29) is 24.1 Å². The molecule has 0 bridgehead atoms. The summed E-state index contributed by atoms with van der Waals surface area (Å²) < 4.78 is 13.3. The van der Waals surface area contributed by atoms with E-state index < -0.39 is 5.54 Å². The fourth-order valence-electron chi connectivity index (χ4n) is 2.76. The first kappa shape index (κ1) is 15.2. The highest BCUT2D eigenvalue weighted by Gasteiger charge is 2.35. The molecule has 0 saturated carbocycles. The van der Waals surface area contributed by atoms with Gasteiger partial charge in [0, 0.05) is 7.05 Å². The van der Waals surface area contributed by atoms with Gasteiger partial charge in [0.2, 0.25) is 5.91 Å². The molecule has 1 heterocycles. The van der Waals surface area contributed by atoms with Crippen LogP contribution in [0.3, 0.4) is 0 Å². The molecule has 0 radical (unpaired) electrons. The molecule has 0 fully saturated rings. The fraction of sp³-hybridized carbons (Fsp3) is 0.222. The highest BCUT2D eigenvalue weighted by molar-refractivity contribution is 5.98. The Labute approximate surface area is 134 Å². The fourth-order valence-corrected chi connectivity index (χ4v) is 2.76. The van der Waals surface area contributed by atoms with Crippen molar-refractivity contribution in [2.24, 2.45) is 10.7 Å². The summed E-state index contributed by atoms with van der Waals surface area (Å²) in [4.78, 5) is 17.9. The van der Waals surface area contributed by atoms with Crippen LogP contribution in [0.5, 0.6) is 0 Å². The van der Waals surface area contributed by atoms with E-state index in [1.54, 1.807) is 13.1 Å². The van der Waals surface area contributed by atoms with E-state index in [9.17, 15) is 9.18 Å². The van der Waals surface area contributed by atoms with Gasteiger partial charge in [-0.15, -0.1) is 0 Å². The lowest BCUT2D eigenvalue weighted by molar-refractivity contribution is -0.128. The summed E-state index contributed by atoms with van der Waals surface area (Å²) in [5.74, 6) is -0.107. The summed E-state index contributed by atoms with van der Waals surface area (Å²) in [5, 5.41) is 0. The van der Waals surface area contributed by atoms with E-state index in [1.807, 2.05) is 37.3 Å². The summed E-state index contributed by atoms with van der Waals surface area (Å²) >= 11 is 0. The molecule has 0 saturated heterocycles. The standard InChI is InChI=1S/C18H18FN3O/c1-18(11-16(23)22(2)17(20)21-18)14-8-6-12(7-9-14)13-4-3-5-15(19)10-13/h3-10H,11H2,1-2H3,(H2,20,21)/t18-/m0/s1. The number of amides is 1. The van der Waals surface area contributed by atoms with Crippen molar-refractivity contribution < 1.29 is 9.18 Å². The van der Waals surface area contributed by atoms with Gasteiger partial charge in [0.1, 0.15) is 5.82 Å². The van der Waals surface area contributed by atoms with Gasteiger partial charge in [0.25, 0.3) is 0 Å². The second-order valence-corrected chi connectivity index (χ2v) is 5.96. The zero-order valence-electron chi connectivity index (χ0n) is 13.1. The number of nitrogens with zero attached hydrogens (tertiary/aromatic N) is 2. The van der Waals surface area contributed by atoms with Gasteiger partial charge in [-0.2, -0.15) is 0 Å². The molecule has 118 valence electrons. The van der Waals surface area contributed by atoms with Crippen LogP contribution in [0.25, 0.3) is 11.1 Å². The minimum absolute atomic E-state index is 0.0609. The largest absolute Gasteiger partial charge is 0.369 e. The van der Waals surface area contributed by atoms with Crippen LogP contribution >= 0.6 is 0 Å². The van der Waals surface area contributed by atoms with Crippen LogP contribution in [-0.2, 0) is 10.3 Å². The summed E-state index contributed by atoms with van der Waals surface area (Å²) in [6.45, 7) is 1.89. The number of carbonyl (C=O) groups is 1. The molecule has 0 aliphatic carbocycles. The van der Waals surface area contributed by atoms with E-state index in [1.165, 1.54) is 17.0 Å². The SMILES string of the molecule is CN1C(=O)C[C@@](C)(c2ccc(-c3cccc(F)c3)cc2)N=C1N. The third-order valence-electron chi connectivity index (χ3n) is 4.24. The molecule has 2 N–H and O–H groups in total. The number of hydrogen-bond donors (Lipinski definition) is 1. The second-order valence-electron chi connectivity index (χ2n) is 5.96. The minimum Gasteiger partial charge on any atom is -0.369 e. The Hall–Kier alpha value is -2.69. The maximum Gasteiger partial charge on any atom is 0.231 e. The second kappa shape index (κ2) is 5.50. The van der Waals surface area contributed by atoms with Crippen LogP contribution in [0.2, 0.25) is 0 Å². The van der Waals surface area contributed by atoms with E-state index in [0.717, 1.165) is 16.7 Å². The highest BCUT2D eigenvalue weighted by atomic mass is 19.1. The number of halogens is 1. The number of nitrogens with two attached hydrogens (primary N) is 1. The molecule has 2 aromatic rings. The Bertz CT molecular complexity index is 785. The molecule has 4 nitrogen and oxygen atoms in total. The molecule has 1 aliphatic rings. The number of rotatable bonds is 2. The minimum atomic E-state index is -0.672. The van der Waals surface area contributed by atoms with Crippen LogP contribution in [0.4, 0.5) is 4.39 Å². The molecule has 3 rings (SSSR count). The van der Waals surface area contributed by atoms with E-state index in [2.05, 4.69) is 4.99 Å². The zero-order chi connectivity index (χ0) is 16.6. The summed E-state index contributed by atoms with van der Waals surface area (Å²) in [5.41, 5.74) is 7.78. The van der Waals surface area contributed by atoms with Crippen molar-refractivity contribution in [2.45, 2.75) is 18.9 Å². The van der Waals surface area contributed by atoms with Crippen molar-refractivity contribution in [3.8, 4) is 11.1 Å². The van der Waals surface area contributed by atoms with Gasteiger partial charge in [-0.3, -0.25) is 9.69 Å². The Morgan fingerprint density at radius 2 is 1.87 bits per heavy atom. The van der Waals surface area contributed by atoms with Crippen LogP contribution in [0.1, 0.15) is 18.9 Å². The van der Waals surface area contributed by atoms with Gasteiger partial charge in [0.05, 0.1) is 12.0 Å². The molecule has 1 atom stereocenters. The number of hydrogen-bond acceptors (Lipinski definition) is 3. The summed E-state index contributed by atoms with van der Waals surface area (Å²) in [6, 6.07) is 14.1. The molecular weight excluding hydrogens is 293 g/mol. The summed E-state index contributed by atoms with van der Waals surface area (Å²) in [6.07, 6.45) is 0.267. The maximum atomic E-state index is 13.3. The first-order chi connectivity index (χ1) is 10.9. The van der Waals surface area contributed by atoms with Crippen molar-refractivity contribution in [1.82, 2.24) is 4.90 Å². The smallest absolute Gasteiger partial charge is 0.231 e. The highest BCUT2D eigenvalue weighted by Crippen LogP contribution is 2.34. The van der Waals surface area contributed by atoms with E-state index in [4.69, 9.17) is 5.73 Å². The van der Waals surface area contributed by atoms with Gasteiger partial charge in [-0.1, -0.05) is 36.4 Å². The van der Waals surface area contributed by atoms with Crippen molar-refractivity contribution in [1.29, 1.82) is 0 Å². The maximum absolute atomic E-state index is 13.3. The Morgan fingerprint density at radius 1 is 1.17 bits per heavy atom.